The van der Waals surface area contributed by atoms with Crippen LogP contribution in [-0.4, -0.2) is 38.4 Å². The number of carbonyl (C=O) groups is 2. The highest BCUT2D eigenvalue weighted by Crippen LogP contribution is 2.21. The van der Waals surface area contributed by atoms with Crippen molar-refractivity contribution in [3.05, 3.63) is 64.2 Å². The Kier molecular flexibility index (Phi) is 6.15. The van der Waals surface area contributed by atoms with E-state index in [-0.39, 0.29) is 29.0 Å². The van der Waals surface area contributed by atoms with Crippen LogP contribution in [0.1, 0.15) is 26.5 Å². The minimum absolute atomic E-state index is 0.0725. The fourth-order valence-corrected chi connectivity index (χ4v) is 2.98. The lowest BCUT2D eigenvalue weighted by atomic mass is 10.1. The van der Waals surface area contributed by atoms with E-state index in [2.05, 4.69) is 26.0 Å². The number of nitrogens with one attached hydrogen (secondary N) is 2. The number of phenolic OH excluding ortho intramolecular Hbond substituents is 2. The molecule has 0 atom stereocenters. The van der Waals surface area contributed by atoms with Gasteiger partial charge < -0.3 is 10.2 Å². The van der Waals surface area contributed by atoms with E-state index < -0.39 is 5.91 Å². The molecule has 9 nitrogen and oxygen atoms in total. The van der Waals surface area contributed by atoms with Crippen LogP contribution in [0.3, 0.4) is 0 Å². The number of anilines is 1. The molecule has 0 saturated carbocycles. The fourth-order valence-electron chi connectivity index (χ4n) is 2.24. The van der Waals surface area contributed by atoms with Gasteiger partial charge in [-0.15, -0.1) is 10.2 Å². The maximum atomic E-state index is 12.2. The Morgan fingerprint density at radius 1 is 1.14 bits per heavy atom. The number of phenols is 2. The van der Waals surface area contributed by atoms with Gasteiger partial charge in [0.05, 0.1) is 12.6 Å². The van der Waals surface area contributed by atoms with Gasteiger partial charge in [0.15, 0.2) is 0 Å². The molecule has 0 aliphatic heterocycles. The van der Waals surface area contributed by atoms with Crippen molar-refractivity contribution in [1.82, 2.24) is 15.6 Å². The van der Waals surface area contributed by atoms with E-state index >= 15 is 0 Å². The predicted octanol–water partition coefficient (Wildman–Crippen LogP) is 2.20. The molecule has 1 heterocycles. The van der Waals surface area contributed by atoms with Crippen LogP contribution in [0.5, 0.6) is 11.5 Å². The number of carbonyl (C=O) groups excluding carboxylic acids is 2. The molecule has 3 aromatic rings. The van der Waals surface area contributed by atoms with E-state index in [1.807, 2.05) is 19.1 Å². The molecule has 0 fully saturated rings. The first kappa shape index (κ1) is 20.0. The molecule has 0 spiro atoms. The molecule has 10 heteroatoms. The Labute approximate surface area is 169 Å². The number of aryl methyl sites for hydroxylation is 1. The summed E-state index contributed by atoms with van der Waals surface area (Å²) in [5.74, 6) is -0.992. The Bertz CT molecular complexity index is 1060. The molecular formula is C19H17N5O4S. The van der Waals surface area contributed by atoms with E-state index in [1.54, 1.807) is 12.1 Å². The summed E-state index contributed by atoms with van der Waals surface area (Å²) in [5, 5.41) is 33.7. The SMILES string of the molecule is Cc1ccc(C(=O)Nc2nnc(CC(=O)N/N=C/c3ccc(O)cc3O)s2)cc1. The number of aromatic hydroxyl groups is 2. The van der Waals surface area contributed by atoms with Crippen molar-refractivity contribution in [2.24, 2.45) is 5.10 Å². The number of rotatable bonds is 6. The van der Waals surface area contributed by atoms with Crippen LogP contribution in [0.4, 0.5) is 5.13 Å². The van der Waals surface area contributed by atoms with Crippen molar-refractivity contribution in [3.8, 4) is 11.5 Å². The number of benzene rings is 2. The van der Waals surface area contributed by atoms with Gasteiger partial charge in [0.2, 0.25) is 11.0 Å². The van der Waals surface area contributed by atoms with Gasteiger partial charge >= 0.3 is 0 Å². The summed E-state index contributed by atoms with van der Waals surface area (Å²) < 4.78 is 0. The molecule has 3 rings (SSSR count). The monoisotopic (exact) mass is 411 g/mol. The van der Waals surface area contributed by atoms with Gasteiger partial charge in [-0.2, -0.15) is 5.10 Å². The molecule has 0 bridgehead atoms. The van der Waals surface area contributed by atoms with Crippen LogP contribution in [0.2, 0.25) is 0 Å². The summed E-state index contributed by atoms with van der Waals surface area (Å²) in [7, 11) is 0. The molecule has 0 radical (unpaired) electrons. The molecule has 148 valence electrons. The second-order valence-corrected chi connectivity index (χ2v) is 7.10. The Balaban J connectivity index is 1.52. The Hall–Kier alpha value is -3.79. The maximum absolute atomic E-state index is 12.2. The number of hydrogen-bond acceptors (Lipinski definition) is 8. The van der Waals surface area contributed by atoms with Gasteiger partial charge in [0, 0.05) is 17.2 Å². The number of nitrogens with zero attached hydrogens (tertiary/aromatic N) is 3. The van der Waals surface area contributed by atoms with Gasteiger partial charge in [-0.3, -0.25) is 14.9 Å². The lowest BCUT2D eigenvalue weighted by Crippen LogP contribution is -2.19. The molecule has 0 aliphatic carbocycles. The van der Waals surface area contributed by atoms with E-state index in [0.717, 1.165) is 23.0 Å². The minimum Gasteiger partial charge on any atom is -0.508 e. The van der Waals surface area contributed by atoms with Gasteiger partial charge in [-0.1, -0.05) is 29.0 Å². The zero-order valence-corrected chi connectivity index (χ0v) is 16.1. The summed E-state index contributed by atoms with van der Waals surface area (Å²) >= 11 is 1.09. The van der Waals surface area contributed by atoms with Gasteiger partial charge in [0.25, 0.3) is 5.91 Å². The normalized spacial score (nSPS) is 10.8. The van der Waals surface area contributed by atoms with Gasteiger partial charge in [0.1, 0.15) is 16.5 Å². The third-order valence-corrected chi connectivity index (χ3v) is 4.56. The summed E-state index contributed by atoms with van der Waals surface area (Å²) in [6, 6.07) is 11.1. The highest BCUT2D eigenvalue weighted by molar-refractivity contribution is 7.15. The van der Waals surface area contributed by atoms with Crippen molar-refractivity contribution < 1.29 is 19.8 Å². The number of amides is 2. The van der Waals surface area contributed by atoms with Gasteiger partial charge in [-0.05, 0) is 31.2 Å². The van der Waals surface area contributed by atoms with E-state index in [9.17, 15) is 19.8 Å². The van der Waals surface area contributed by atoms with Gasteiger partial charge in [-0.25, -0.2) is 5.43 Å². The standard InChI is InChI=1S/C19H17N5O4S/c1-11-2-4-12(5-3-11)18(28)21-19-24-23-17(29-19)9-16(27)22-20-10-13-6-7-14(25)8-15(13)26/h2-8,10,25-26H,9H2,1H3,(H,22,27)(H,21,24,28)/b20-10+. The van der Waals surface area contributed by atoms with E-state index in [4.69, 9.17) is 0 Å². The molecular weight excluding hydrogens is 394 g/mol. The van der Waals surface area contributed by atoms with E-state index in [1.165, 1.54) is 18.3 Å². The van der Waals surface area contributed by atoms with Crippen LogP contribution in [0.15, 0.2) is 47.6 Å². The molecule has 2 aromatic carbocycles. The Morgan fingerprint density at radius 3 is 2.62 bits per heavy atom. The number of aromatic nitrogens is 2. The lowest BCUT2D eigenvalue weighted by Gasteiger charge is -2.01. The zero-order valence-electron chi connectivity index (χ0n) is 15.3. The van der Waals surface area contributed by atoms with Crippen molar-refractivity contribution in [3.63, 3.8) is 0 Å². The summed E-state index contributed by atoms with van der Waals surface area (Å²) in [5.41, 5.74) is 4.19. The van der Waals surface area contributed by atoms with Crippen LogP contribution < -0.4 is 10.7 Å². The zero-order chi connectivity index (χ0) is 20.8. The Morgan fingerprint density at radius 2 is 1.90 bits per heavy atom. The second kappa shape index (κ2) is 8.93. The first-order valence-corrected chi connectivity index (χ1v) is 9.26. The van der Waals surface area contributed by atoms with Crippen molar-refractivity contribution in [2.75, 3.05) is 5.32 Å². The largest absolute Gasteiger partial charge is 0.508 e. The van der Waals surface area contributed by atoms with Crippen molar-refractivity contribution in [1.29, 1.82) is 0 Å². The molecule has 1 aromatic heterocycles. The topological polar surface area (TPSA) is 137 Å². The molecule has 29 heavy (non-hydrogen) atoms. The van der Waals surface area contributed by atoms with Crippen LogP contribution >= 0.6 is 11.3 Å². The lowest BCUT2D eigenvalue weighted by molar-refractivity contribution is -0.120. The first-order chi connectivity index (χ1) is 13.9. The third kappa shape index (κ3) is 5.59. The smallest absolute Gasteiger partial charge is 0.257 e. The van der Waals surface area contributed by atoms with Crippen molar-refractivity contribution in [2.45, 2.75) is 13.3 Å². The number of hydrazone groups is 1. The summed E-state index contributed by atoms with van der Waals surface area (Å²) in [6.07, 6.45) is 1.18. The van der Waals surface area contributed by atoms with E-state index in [0.29, 0.717) is 16.1 Å². The molecule has 0 saturated heterocycles. The van der Waals surface area contributed by atoms with Crippen LogP contribution in [0, 0.1) is 6.92 Å². The average molecular weight is 411 g/mol. The van der Waals surface area contributed by atoms with Crippen molar-refractivity contribution >= 4 is 34.5 Å². The molecule has 0 unspecified atom stereocenters. The van der Waals surface area contributed by atoms with Crippen LogP contribution in [0.25, 0.3) is 0 Å². The quantitative estimate of drug-likeness (QED) is 0.363. The molecule has 2 amide bonds. The second-order valence-electron chi connectivity index (χ2n) is 6.03. The molecule has 0 aliphatic rings. The fraction of sp³-hybridized carbons (Fsp3) is 0.105. The van der Waals surface area contributed by atoms with Crippen LogP contribution in [-0.2, 0) is 11.2 Å². The first-order valence-electron chi connectivity index (χ1n) is 8.45. The summed E-state index contributed by atoms with van der Waals surface area (Å²) in [4.78, 5) is 24.1. The number of hydrogen-bond donors (Lipinski definition) is 4. The summed E-state index contributed by atoms with van der Waals surface area (Å²) in [6.45, 7) is 1.93. The highest BCUT2D eigenvalue weighted by Gasteiger charge is 2.12. The maximum Gasteiger partial charge on any atom is 0.257 e. The average Bonchev–Trinajstić information content (AvgIpc) is 3.10. The highest BCUT2D eigenvalue weighted by atomic mass is 32.1. The minimum atomic E-state index is -0.438. The third-order valence-electron chi connectivity index (χ3n) is 3.72. The predicted molar refractivity (Wildman–Crippen MR) is 108 cm³/mol. The molecule has 4 N–H and O–H groups in total.